The van der Waals surface area contributed by atoms with Gasteiger partial charge in [0.1, 0.15) is 0 Å². The third-order valence-corrected chi connectivity index (χ3v) is 3.84. The summed E-state index contributed by atoms with van der Waals surface area (Å²) in [6.45, 7) is 2.03. The summed E-state index contributed by atoms with van der Waals surface area (Å²) in [6.07, 6.45) is 1.68. The lowest BCUT2D eigenvalue weighted by Gasteiger charge is -2.00. The molecule has 25 heavy (non-hydrogen) atoms. The minimum Gasteiger partial charge on any atom is -0.330 e. The number of hydrogen-bond acceptors (Lipinski definition) is 8. The molecule has 1 aromatic heterocycles. The highest BCUT2D eigenvalue weighted by atomic mass is 32.1. The quantitative estimate of drug-likeness (QED) is 0.394. The van der Waals surface area contributed by atoms with Crippen LogP contribution in [0.25, 0.3) is 0 Å². The predicted molar refractivity (Wildman–Crippen MR) is 98.7 cm³/mol. The van der Waals surface area contributed by atoms with Crippen molar-refractivity contribution in [1.29, 1.82) is 0 Å². The van der Waals surface area contributed by atoms with Gasteiger partial charge in [0.05, 0.1) is 11.1 Å². The van der Waals surface area contributed by atoms with Crippen molar-refractivity contribution in [2.24, 2.45) is 5.10 Å². The van der Waals surface area contributed by atoms with Gasteiger partial charge >= 0.3 is 0 Å². The van der Waals surface area contributed by atoms with Crippen LogP contribution in [0.3, 0.4) is 0 Å². The van der Waals surface area contributed by atoms with Crippen molar-refractivity contribution >= 4 is 40.2 Å². The molecule has 0 fully saturated rings. The van der Waals surface area contributed by atoms with Crippen molar-refractivity contribution in [3.8, 4) is 0 Å². The molecule has 3 rings (SSSR count). The van der Waals surface area contributed by atoms with Crippen molar-refractivity contribution in [3.63, 3.8) is 0 Å². The van der Waals surface area contributed by atoms with E-state index in [1.165, 1.54) is 17.7 Å². The molecule has 3 aromatic rings. The minimum absolute atomic E-state index is 0.0376. The van der Waals surface area contributed by atoms with Crippen LogP contribution in [0.4, 0.5) is 22.5 Å². The van der Waals surface area contributed by atoms with E-state index in [1.54, 1.807) is 18.3 Å². The molecule has 0 atom stereocenters. The molecule has 0 bridgehead atoms. The second kappa shape index (κ2) is 7.49. The highest BCUT2D eigenvalue weighted by molar-refractivity contribution is 7.10. The maximum absolute atomic E-state index is 10.6. The smallest absolute Gasteiger partial charge is 0.269 e. The summed E-state index contributed by atoms with van der Waals surface area (Å²) in [6, 6.07) is 14.0. The molecule has 0 spiro atoms. The summed E-state index contributed by atoms with van der Waals surface area (Å²) in [7, 11) is 0. The van der Waals surface area contributed by atoms with E-state index in [9.17, 15) is 10.1 Å². The zero-order chi connectivity index (χ0) is 17.6. The van der Waals surface area contributed by atoms with Crippen LogP contribution in [-0.4, -0.2) is 20.5 Å². The molecule has 8 nitrogen and oxygen atoms in total. The molecule has 9 heteroatoms. The first-order valence-electron chi connectivity index (χ1n) is 7.31. The number of nitrogens with one attached hydrogen (secondary N) is 2. The molecule has 0 amide bonds. The maximum Gasteiger partial charge on any atom is 0.269 e. The lowest BCUT2D eigenvalue weighted by Crippen LogP contribution is -1.94. The van der Waals surface area contributed by atoms with E-state index in [0.29, 0.717) is 16.8 Å². The van der Waals surface area contributed by atoms with Gasteiger partial charge in [0.15, 0.2) is 0 Å². The normalized spacial score (nSPS) is 10.8. The number of nitro benzene ring substituents is 1. The molecule has 0 saturated heterocycles. The van der Waals surface area contributed by atoms with Gasteiger partial charge < -0.3 is 5.32 Å². The molecule has 0 aliphatic heterocycles. The number of nitrogens with zero attached hydrogens (tertiary/aromatic N) is 4. The summed E-state index contributed by atoms with van der Waals surface area (Å²) >= 11 is 1.16. The molecule has 0 aliphatic rings. The fourth-order valence-corrected chi connectivity index (χ4v) is 2.47. The van der Waals surface area contributed by atoms with Crippen LogP contribution >= 0.6 is 11.5 Å². The highest BCUT2D eigenvalue weighted by Gasteiger charge is 2.06. The van der Waals surface area contributed by atoms with Crippen molar-refractivity contribution < 1.29 is 4.92 Å². The number of nitro groups is 1. The van der Waals surface area contributed by atoms with Gasteiger partial charge in [0.25, 0.3) is 11.6 Å². The van der Waals surface area contributed by atoms with Crippen molar-refractivity contribution in [2.75, 3.05) is 10.7 Å². The number of aryl methyl sites for hydroxylation is 1. The molecule has 0 radical (unpaired) electrons. The third kappa shape index (κ3) is 4.58. The zero-order valence-corrected chi connectivity index (χ0v) is 14.0. The Kier molecular flexibility index (Phi) is 4.95. The van der Waals surface area contributed by atoms with Gasteiger partial charge in [0.2, 0.25) is 5.13 Å². The van der Waals surface area contributed by atoms with Gasteiger partial charge in [0, 0.05) is 29.4 Å². The molecule has 0 unspecified atom stereocenters. The predicted octanol–water partition coefficient (Wildman–Crippen LogP) is 3.94. The van der Waals surface area contributed by atoms with Crippen LogP contribution in [-0.2, 0) is 0 Å². The highest BCUT2D eigenvalue weighted by Crippen LogP contribution is 2.22. The van der Waals surface area contributed by atoms with E-state index in [0.717, 1.165) is 17.1 Å². The van der Waals surface area contributed by atoms with E-state index in [2.05, 4.69) is 25.2 Å². The van der Waals surface area contributed by atoms with Gasteiger partial charge in [-0.05, 0) is 24.6 Å². The first kappa shape index (κ1) is 16.5. The molecular formula is C16H14N6O2S. The van der Waals surface area contributed by atoms with Crippen LogP contribution in [0.2, 0.25) is 0 Å². The number of rotatable bonds is 6. The Balaban J connectivity index is 1.58. The average Bonchev–Trinajstić information content (AvgIpc) is 3.04. The molecular weight excluding hydrogens is 340 g/mol. The Morgan fingerprint density at radius 2 is 1.88 bits per heavy atom. The Hall–Kier alpha value is -3.33. The van der Waals surface area contributed by atoms with Crippen molar-refractivity contribution in [3.05, 3.63) is 69.8 Å². The molecule has 2 aromatic carbocycles. The lowest BCUT2D eigenvalue weighted by atomic mass is 10.2. The fraction of sp³-hybridized carbons (Fsp3) is 0.0625. The van der Waals surface area contributed by atoms with Crippen LogP contribution in [0, 0.1) is 17.0 Å². The zero-order valence-electron chi connectivity index (χ0n) is 13.2. The van der Waals surface area contributed by atoms with E-state index >= 15 is 0 Å². The van der Waals surface area contributed by atoms with E-state index < -0.39 is 4.92 Å². The minimum atomic E-state index is -0.442. The van der Waals surface area contributed by atoms with Crippen LogP contribution in [0.1, 0.15) is 11.1 Å². The standard InChI is InChI=1S/C16H14N6O2S/c1-11-2-4-12(5-3-11)10-17-20-15-19-16(25-21-15)18-13-6-8-14(9-7-13)22(23)24/h2-10H,1H3,(H2,18,19,20,21)/b17-10+. The number of hydrogen-bond donors (Lipinski definition) is 2. The van der Waals surface area contributed by atoms with Gasteiger partial charge in [-0.1, -0.05) is 29.8 Å². The van der Waals surface area contributed by atoms with Crippen LogP contribution in [0.5, 0.6) is 0 Å². The van der Waals surface area contributed by atoms with Crippen molar-refractivity contribution in [2.45, 2.75) is 6.92 Å². The van der Waals surface area contributed by atoms with E-state index in [4.69, 9.17) is 0 Å². The summed E-state index contributed by atoms with van der Waals surface area (Å²) < 4.78 is 4.14. The monoisotopic (exact) mass is 354 g/mol. The van der Waals surface area contributed by atoms with Gasteiger partial charge in [-0.15, -0.1) is 4.37 Å². The van der Waals surface area contributed by atoms with Gasteiger partial charge in [-0.3, -0.25) is 10.1 Å². The lowest BCUT2D eigenvalue weighted by molar-refractivity contribution is -0.384. The SMILES string of the molecule is Cc1ccc(/C=N/Nc2nsc(Nc3ccc([N+](=O)[O-])cc3)n2)cc1. The topological polar surface area (TPSA) is 105 Å². The average molecular weight is 354 g/mol. The molecule has 0 saturated carbocycles. The van der Waals surface area contributed by atoms with E-state index in [1.807, 2.05) is 31.2 Å². The molecule has 0 aliphatic carbocycles. The Bertz CT molecular complexity index is 890. The summed E-state index contributed by atoms with van der Waals surface area (Å²) in [5.74, 6) is 0.373. The second-order valence-electron chi connectivity index (χ2n) is 5.13. The fourth-order valence-electron chi connectivity index (χ4n) is 1.93. The summed E-state index contributed by atoms with van der Waals surface area (Å²) in [5, 5.41) is 18.3. The molecule has 1 heterocycles. The van der Waals surface area contributed by atoms with Crippen LogP contribution in [0.15, 0.2) is 53.6 Å². The Morgan fingerprint density at radius 1 is 1.16 bits per heavy atom. The number of non-ortho nitro benzene ring substituents is 1. The Morgan fingerprint density at radius 3 is 2.56 bits per heavy atom. The third-order valence-electron chi connectivity index (χ3n) is 3.21. The second-order valence-corrected chi connectivity index (χ2v) is 5.88. The first-order valence-corrected chi connectivity index (χ1v) is 8.08. The van der Waals surface area contributed by atoms with Gasteiger partial charge in [-0.25, -0.2) is 5.43 Å². The molecule has 2 N–H and O–H groups in total. The number of hydrazone groups is 1. The summed E-state index contributed by atoms with van der Waals surface area (Å²) in [4.78, 5) is 14.4. The maximum atomic E-state index is 10.6. The Labute approximate surface area is 147 Å². The van der Waals surface area contributed by atoms with Gasteiger partial charge in [-0.2, -0.15) is 10.1 Å². The number of anilines is 3. The number of aromatic nitrogens is 2. The van der Waals surface area contributed by atoms with Crippen LogP contribution < -0.4 is 10.7 Å². The first-order chi connectivity index (χ1) is 12.1. The largest absolute Gasteiger partial charge is 0.330 e. The summed E-state index contributed by atoms with van der Waals surface area (Å²) in [5.41, 5.74) is 5.65. The molecule has 126 valence electrons. The van der Waals surface area contributed by atoms with Crippen molar-refractivity contribution in [1.82, 2.24) is 9.36 Å². The number of benzene rings is 2. The van der Waals surface area contributed by atoms with E-state index in [-0.39, 0.29) is 5.69 Å².